The molecule has 2 N–H and O–H groups in total. The molecule has 0 saturated carbocycles. The summed E-state index contributed by atoms with van der Waals surface area (Å²) in [7, 11) is 0. The number of nitrogens with one attached hydrogen (secondary N) is 2. The molecule has 0 fully saturated rings. The zero-order chi connectivity index (χ0) is 9.52. The van der Waals surface area contributed by atoms with Crippen LogP contribution >= 0.6 is 11.6 Å². The summed E-state index contributed by atoms with van der Waals surface area (Å²) in [6, 6.07) is 0. The molecule has 1 aliphatic carbocycles. The molecule has 1 unspecified atom stereocenters. The molecule has 3 heteroatoms. The van der Waals surface area contributed by atoms with Gasteiger partial charge >= 0.3 is 0 Å². The average Bonchev–Trinajstić information content (AvgIpc) is 2.15. The third kappa shape index (κ3) is 4.34. The van der Waals surface area contributed by atoms with Crippen LogP contribution in [0.15, 0.2) is 23.9 Å². The van der Waals surface area contributed by atoms with E-state index in [0.717, 1.165) is 26.1 Å². The fourth-order valence-electron chi connectivity index (χ4n) is 1.20. The van der Waals surface area contributed by atoms with E-state index < -0.39 is 0 Å². The molecule has 0 aromatic heterocycles. The zero-order valence-electron chi connectivity index (χ0n) is 8.02. The van der Waals surface area contributed by atoms with Gasteiger partial charge in [-0.2, -0.15) is 0 Å². The fraction of sp³-hybridized carbons (Fsp3) is 0.600. The molecule has 2 nitrogen and oxygen atoms in total. The van der Waals surface area contributed by atoms with Crippen molar-refractivity contribution in [3.8, 4) is 0 Å². The van der Waals surface area contributed by atoms with E-state index in [1.807, 2.05) is 12.2 Å². The SMILES string of the molecule is CCNCCNC1=CCC(Cl)C=C1. The van der Waals surface area contributed by atoms with Gasteiger partial charge in [0.05, 0.1) is 5.38 Å². The molecular formula is C10H17ClN2. The summed E-state index contributed by atoms with van der Waals surface area (Å²) in [6.07, 6.45) is 7.15. The van der Waals surface area contributed by atoms with E-state index in [4.69, 9.17) is 11.6 Å². The molecule has 0 amide bonds. The molecule has 0 aliphatic heterocycles. The summed E-state index contributed by atoms with van der Waals surface area (Å²) in [5, 5.41) is 6.77. The monoisotopic (exact) mass is 200 g/mol. The van der Waals surface area contributed by atoms with Gasteiger partial charge in [0.1, 0.15) is 0 Å². The summed E-state index contributed by atoms with van der Waals surface area (Å²) in [4.78, 5) is 0. The van der Waals surface area contributed by atoms with Gasteiger partial charge < -0.3 is 10.6 Å². The normalized spacial score (nSPS) is 21.4. The summed E-state index contributed by atoms with van der Waals surface area (Å²) in [5.41, 5.74) is 1.19. The first-order chi connectivity index (χ1) is 6.33. The Morgan fingerprint density at radius 3 is 3.00 bits per heavy atom. The lowest BCUT2D eigenvalue weighted by atomic mass is 10.1. The molecule has 74 valence electrons. The van der Waals surface area contributed by atoms with Crippen molar-refractivity contribution in [3.63, 3.8) is 0 Å². The Hall–Kier alpha value is -0.470. The lowest BCUT2D eigenvalue weighted by Crippen LogP contribution is -2.26. The number of allylic oxidation sites excluding steroid dienone is 3. The van der Waals surface area contributed by atoms with Crippen molar-refractivity contribution in [3.05, 3.63) is 23.9 Å². The highest BCUT2D eigenvalue weighted by atomic mass is 35.5. The lowest BCUT2D eigenvalue weighted by molar-refractivity contribution is 0.675. The van der Waals surface area contributed by atoms with E-state index in [-0.39, 0.29) is 5.38 Å². The van der Waals surface area contributed by atoms with Gasteiger partial charge in [0.25, 0.3) is 0 Å². The van der Waals surface area contributed by atoms with Crippen LogP contribution in [-0.4, -0.2) is 25.0 Å². The molecule has 0 saturated heterocycles. The van der Waals surface area contributed by atoms with Crippen molar-refractivity contribution in [2.45, 2.75) is 18.7 Å². The van der Waals surface area contributed by atoms with Crippen LogP contribution < -0.4 is 10.6 Å². The molecular weight excluding hydrogens is 184 g/mol. The van der Waals surface area contributed by atoms with Crippen LogP contribution in [0.25, 0.3) is 0 Å². The van der Waals surface area contributed by atoms with Crippen LogP contribution in [-0.2, 0) is 0 Å². The second-order valence-electron chi connectivity index (χ2n) is 3.05. The van der Waals surface area contributed by atoms with Crippen molar-refractivity contribution < 1.29 is 0 Å². The van der Waals surface area contributed by atoms with Crippen molar-refractivity contribution in [2.75, 3.05) is 19.6 Å². The number of hydrogen-bond acceptors (Lipinski definition) is 2. The van der Waals surface area contributed by atoms with E-state index in [0.29, 0.717) is 0 Å². The van der Waals surface area contributed by atoms with E-state index >= 15 is 0 Å². The molecule has 13 heavy (non-hydrogen) atoms. The molecule has 1 rings (SSSR count). The third-order valence-electron chi connectivity index (χ3n) is 1.93. The van der Waals surface area contributed by atoms with Crippen LogP contribution in [0.3, 0.4) is 0 Å². The molecule has 0 aromatic carbocycles. The lowest BCUT2D eigenvalue weighted by Gasteiger charge is -2.12. The predicted octanol–water partition coefficient (Wildman–Crippen LogP) is 1.64. The number of halogens is 1. The molecule has 0 aromatic rings. The predicted molar refractivity (Wildman–Crippen MR) is 58.0 cm³/mol. The Bertz CT molecular complexity index is 199. The molecule has 0 heterocycles. The first-order valence-corrected chi connectivity index (χ1v) is 5.23. The van der Waals surface area contributed by atoms with E-state index in [9.17, 15) is 0 Å². The van der Waals surface area contributed by atoms with Crippen molar-refractivity contribution in [1.82, 2.24) is 10.6 Å². The fourth-order valence-corrected chi connectivity index (χ4v) is 1.36. The quantitative estimate of drug-likeness (QED) is 0.521. The van der Waals surface area contributed by atoms with Crippen LogP contribution in [0.5, 0.6) is 0 Å². The highest BCUT2D eigenvalue weighted by molar-refractivity contribution is 6.22. The standard InChI is InChI=1S/C10H17ClN2/c1-2-12-7-8-13-10-5-3-9(11)4-6-10/h3,5-6,9,12-13H,2,4,7-8H2,1H3. The van der Waals surface area contributed by atoms with Gasteiger partial charge in [-0.25, -0.2) is 0 Å². The number of alkyl halides is 1. The maximum absolute atomic E-state index is 5.89. The number of rotatable bonds is 5. The Morgan fingerprint density at radius 1 is 1.54 bits per heavy atom. The molecule has 1 aliphatic rings. The van der Waals surface area contributed by atoms with Gasteiger partial charge in [0.15, 0.2) is 0 Å². The van der Waals surface area contributed by atoms with Gasteiger partial charge in [0, 0.05) is 18.8 Å². The summed E-state index contributed by atoms with van der Waals surface area (Å²) in [6.45, 7) is 5.11. The molecule has 1 atom stereocenters. The Morgan fingerprint density at radius 2 is 2.38 bits per heavy atom. The largest absolute Gasteiger partial charge is 0.384 e. The minimum atomic E-state index is 0.180. The van der Waals surface area contributed by atoms with E-state index in [1.54, 1.807) is 0 Å². The number of hydrogen-bond donors (Lipinski definition) is 2. The van der Waals surface area contributed by atoms with Gasteiger partial charge in [-0.15, -0.1) is 11.6 Å². The van der Waals surface area contributed by atoms with Crippen LogP contribution in [0.4, 0.5) is 0 Å². The van der Waals surface area contributed by atoms with Crippen molar-refractivity contribution >= 4 is 11.6 Å². The maximum atomic E-state index is 5.89. The minimum absolute atomic E-state index is 0.180. The van der Waals surface area contributed by atoms with E-state index in [1.165, 1.54) is 5.70 Å². The highest BCUT2D eigenvalue weighted by Crippen LogP contribution is 2.12. The Labute approximate surface area is 85.0 Å². The second-order valence-corrected chi connectivity index (χ2v) is 3.61. The van der Waals surface area contributed by atoms with Crippen LogP contribution in [0.1, 0.15) is 13.3 Å². The zero-order valence-corrected chi connectivity index (χ0v) is 8.77. The van der Waals surface area contributed by atoms with Crippen LogP contribution in [0, 0.1) is 0 Å². The first-order valence-electron chi connectivity index (χ1n) is 4.80. The molecule has 0 spiro atoms. The summed E-state index contributed by atoms with van der Waals surface area (Å²) >= 11 is 5.89. The second kappa shape index (κ2) is 6.06. The minimum Gasteiger partial charge on any atom is -0.384 e. The summed E-state index contributed by atoms with van der Waals surface area (Å²) < 4.78 is 0. The third-order valence-corrected chi connectivity index (χ3v) is 2.25. The van der Waals surface area contributed by atoms with Crippen molar-refractivity contribution in [1.29, 1.82) is 0 Å². The van der Waals surface area contributed by atoms with Crippen molar-refractivity contribution in [2.24, 2.45) is 0 Å². The van der Waals surface area contributed by atoms with Gasteiger partial charge in [0.2, 0.25) is 0 Å². The topological polar surface area (TPSA) is 24.1 Å². The van der Waals surface area contributed by atoms with Crippen LogP contribution in [0.2, 0.25) is 0 Å². The van der Waals surface area contributed by atoms with E-state index in [2.05, 4.69) is 23.6 Å². The van der Waals surface area contributed by atoms with Gasteiger partial charge in [-0.1, -0.05) is 19.1 Å². The average molecular weight is 201 g/mol. The Balaban J connectivity index is 2.12. The Kier molecular flexibility index (Phi) is 4.94. The first kappa shape index (κ1) is 10.6. The molecule has 0 bridgehead atoms. The summed E-state index contributed by atoms with van der Waals surface area (Å²) in [5.74, 6) is 0. The van der Waals surface area contributed by atoms with Gasteiger partial charge in [-0.3, -0.25) is 0 Å². The highest BCUT2D eigenvalue weighted by Gasteiger charge is 2.03. The van der Waals surface area contributed by atoms with Gasteiger partial charge in [-0.05, 0) is 19.0 Å². The smallest absolute Gasteiger partial charge is 0.0555 e. The molecule has 0 radical (unpaired) electrons. The maximum Gasteiger partial charge on any atom is 0.0555 e. The number of likely N-dealkylation sites (N-methyl/N-ethyl adjacent to an activating group) is 1.